The molecule has 0 amide bonds. The summed E-state index contributed by atoms with van der Waals surface area (Å²) in [5, 5.41) is 3.61. The van der Waals surface area contributed by atoms with Crippen LogP contribution < -0.4 is 10.1 Å². The van der Waals surface area contributed by atoms with Crippen molar-refractivity contribution in [3.05, 3.63) is 29.3 Å². The maximum Gasteiger partial charge on any atom is 0.119 e. The minimum atomic E-state index is 0.268. The topological polar surface area (TPSA) is 30.5 Å². The van der Waals surface area contributed by atoms with Crippen molar-refractivity contribution < 1.29 is 9.47 Å². The van der Waals surface area contributed by atoms with Crippen molar-refractivity contribution in [3.63, 3.8) is 0 Å². The molecule has 0 aromatic heterocycles. The Morgan fingerprint density at radius 3 is 2.90 bits per heavy atom. The maximum absolute atomic E-state index is 5.75. The molecule has 3 nitrogen and oxygen atoms in total. The molecule has 0 fully saturated rings. The number of hydrogen-bond donors (Lipinski definition) is 1. The van der Waals surface area contributed by atoms with Gasteiger partial charge in [0.05, 0.1) is 12.7 Å². The van der Waals surface area contributed by atoms with E-state index in [9.17, 15) is 0 Å². The Labute approximate surface area is 122 Å². The van der Waals surface area contributed by atoms with Gasteiger partial charge in [-0.3, -0.25) is 0 Å². The van der Waals surface area contributed by atoms with E-state index in [1.807, 2.05) is 13.8 Å². The lowest BCUT2D eigenvalue weighted by molar-refractivity contribution is 0.0552. The number of rotatable bonds is 8. The van der Waals surface area contributed by atoms with Crippen molar-refractivity contribution in [1.82, 2.24) is 5.32 Å². The SMILES string of the molecule is CCCNC1CCc2cc(OCCOC(C)C)ccc21. The summed E-state index contributed by atoms with van der Waals surface area (Å²) < 4.78 is 11.2. The van der Waals surface area contributed by atoms with Crippen LogP contribution in [-0.2, 0) is 11.2 Å². The molecule has 1 unspecified atom stereocenters. The number of nitrogens with one attached hydrogen (secondary N) is 1. The van der Waals surface area contributed by atoms with E-state index in [0.717, 1.165) is 18.7 Å². The molecule has 0 aliphatic heterocycles. The van der Waals surface area contributed by atoms with E-state index in [1.165, 1.54) is 24.0 Å². The van der Waals surface area contributed by atoms with E-state index in [2.05, 4.69) is 30.4 Å². The Balaban J connectivity index is 1.86. The summed E-state index contributed by atoms with van der Waals surface area (Å²) in [4.78, 5) is 0. The highest BCUT2D eigenvalue weighted by atomic mass is 16.5. The van der Waals surface area contributed by atoms with Crippen molar-refractivity contribution in [2.24, 2.45) is 0 Å². The lowest BCUT2D eigenvalue weighted by Crippen LogP contribution is -2.19. The number of hydrogen-bond acceptors (Lipinski definition) is 3. The van der Waals surface area contributed by atoms with Gasteiger partial charge >= 0.3 is 0 Å². The van der Waals surface area contributed by atoms with E-state index >= 15 is 0 Å². The van der Waals surface area contributed by atoms with E-state index in [1.54, 1.807) is 0 Å². The highest BCUT2D eigenvalue weighted by Gasteiger charge is 2.21. The van der Waals surface area contributed by atoms with Crippen molar-refractivity contribution >= 4 is 0 Å². The fourth-order valence-electron chi connectivity index (χ4n) is 2.66. The van der Waals surface area contributed by atoms with E-state index in [0.29, 0.717) is 19.3 Å². The number of benzene rings is 1. The molecule has 0 saturated carbocycles. The Morgan fingerprint density at radius 2 is 2.15 bits per heavy atom. The first-order valence-corrected chi connectivity index (χ1v) is 7.81. The van der Waals surface area contributed by atoms with Gasteiger partial charge in [0.15, 0.2) is 0 Å². The van der Waals surface area contributed by atoms with Crippen LogP contribution in [0.5, 0.6) is 5.75 Å². The number of fused-ring (bicyclic) bond motifs is 1. The lowest BCUT2D eigenvalue weighted by atomic mass is 10.1. The van der Waals surface area contributed by atoms with E-state index in [4.69, 9.17) is 9.47 Å². The summed E-state index contributed by atoms with van der Waals surface area (Å²) in [6, 6.07) is 7.02. The molecule has 2 rings (SSSR count). The molecule has 112 valence electrons. The lowest BCUT2D eigenvalue weighted by Gasteiger charge is -2.14. The first-order valence-electron chi connectivity index (χ1n) is 7.81. The van der Waals surface area contributed by atoms with Crippen molar-refractivity contribution in [1.29, 1.82) is 0 Å². The fourth-order valence-corrected chi connectivity index (χ4v) is 2.66. The van der Waals surface area contributed by atoms with Gasteiger partial charge in [0.2, 0.25) is 0 Å². The van der Waals surface area contributed by atoms with Crippen molar-refractivity contribution in [2.45, 2.75) is 52.2 Å². The van der Waals surface area contributed by atoms with Gasteiger partial charge in [0.25, 0.3) is 0 Å². The van der Waals surface area contributed by atoms with Gasteiger partial charge in [-0.1, -0.05) is 13.0 Å². The summed E-state index contributed by atoms with van der Waals surface area (Å²) in [6.45, 7) is 8.65. The molecule has 1 atom stereocenters. The second-order valence-electron chi connectivity index (χ2n) is 5.67. The summed E-state index contributed by atoms with van der Waals surface area (Å²) in [7, 11) is 0. The highest BCUT2D eigenvalue weighted by Crippen LogP contribution is 2.33. The molecule has 1 N–H and O–H groups in total. The standard InChI is InChI=1S/C17H27NO2/c1-4-9-18-17-8-5-14-12-15(6-7-16(14)17)20-11-10-19-13(2)3/h6-7,12-13,17-18H,4-5,8-11H2,1-3H3. The molecule has 3 heteroatoms. The van der Waals surface area contributed by atoms with Gasteiger partial charge in [-0.15, -0.1) is 0 Å². The zero-order valence-electron chi connectivity index (χ0n) is 12.9. The molecule has 20 heavy (non-hydrogen) atoms. The van der Waals surface area contributed by atoms with Crippen LogP contribution in [0.25, 0.3) is 0 Å². The average molecular weight is 277 g/mol. The Bertz CT molecular complexity index is 417. The third-order valence-electron chi connectivity index (χ3n) is 3.64. The molecule has 0 spiro atoms. The third kappa shape index (κ3) is 4.22. The predicted molar refractivity (Wildman–Crippen MR) is 82.4 cm³/mol. The van der Waals surface area contributed by atoms with Gasteiger partial charge in [-0.05, 0) is 62.9 Å². The van der Waals surface area contributed by atoms with Crippen molar-refractivity contribution in [2.75, 3.05) is 19.8 Å². The molecule has 0 heterocycles. The van der Waals surface area contributed by atoms with Crippen LogP contribution in [-0.4, -0.2) is 25.9 Å². The molecular weight excluding hydrogens is 250 g/mol. The van der Waals surface area contributed by atoms with E-state index in [-0.39, 0.29) is 6.10 Å². The Kier molecular flexibility index (Phi) is 5.86. The third-order valence-corrected chi connectivity index (χ3v) is 3.64. The molecule has 1 aliphatic carbocycles. The monoisotopic (exact) mass is 277 g/mol. The quantitative estimate of drug-likeness (QED) is 0.738. The van der Waals surface area contributed by atoms with Crippen LogP contribution in [0.2, 0.25) is 0 Å². The normalized spacial score (nSPS) is 17.5. The first-order chi connectivity index (χ1) is 9.70. The minimum absolute atomic E-state index is 0.268. The van der Waals surface area contributed by atoms with Crippen LogP contribution in [0.1, 0.15) is 50.8 Å². The smallest absolute Gasteiger partial charge is 0.119 e. The van der Waals surface area contributed by atoms with Crippen LogP contribution >= 0.6 is 0 Å². The second kappa shape index (κ2) is 7.65. The second-order valence-corrected chi connectivity index (χ2v) is 5.67. The molecule has 0 saturated heterocycles. The number of aryl methyl sites for hydroxylation is 1. The van der Waals surface area contributed by atoms with Gasteiger partial charge < -0.3 is 14.8 Å². The van der Waals surface area contributed by atoms with Gasteiger partial charge in [0, 0.05) is 6.04 Å². The average Bonchev–Trinajstić information content (AvgIpc) is 2.83. The minimum Gasteiger partial charge on any atom is -0.491 e. The fraction of sp³-hybridized carbons (Fsp3) is 0.647. The number of ether oxygens (including phenoxy) is 2. The van der Waals surface area contributed by atoms with Gasteiger partial charge in [-0.25, -0.2) is 0 Å². The maximum atomic E-state index is 5.75. The Morgan fingerprint density at radius 1 is 1.30 bits per heavy atom. The predicted octanol–water partition coefficient (Wildman–Crippen LogP) is 3.48. The van der Waals surface area contributed by atoms with Gasteiger partial charge in [0.1, 0.15) is 12.4 Å². The summed E-state index contributed by atoms with van der Waals surface area (Å²) in [5.41, 5.74) is 2.88. The van der Waals surface area contributed by atoms with Crippen LogP contribution in [0.3, 0.4) is 0 Å². The van der Waals surface area contributed by atoms with Crippen LogP contribution in [0, 0.1) is 0 Å². The molecule has 0 bridgehead atoms. The molecule has 0 radical (unpaired) electrons. The zero-order chi connectivity index (χ0) is 14.4. The molecule has 1 aliphatic rings. The summed E-state index contributed by atoms with van der Waals surface area (Å²) >= 11 is 0. The molecule has 1 aromatic rings. The Hall–Kier alpha value is -1.06. The highest BCUT2D eigenvalue weighted by molar-refractivity contribution is 5.40. The largest absolute Gasteiger partial charge is 0.491 e. The first kappa shape index (κ1) is 15.3. The molecule has 1 aromatic carbocycles. The summed E-state index contributed by atoms with van der Waals surface area (Å²) in [6.07, 6.45) is 3.80. The zero-order valence-corrected chi connectivity index (χ0v) is 12.9. The van der Waals surface area contributed by atoms with E-state index < -0.39 is 0 Å². The summed E-state index contributed by atoms with van der Waals surface area (Å²) in [5.74, 6) is 0.965. The van der Waals surface area contributed by atoms with Crippen LogP contribution in [0.15, 0.2) is 18.2 Å². The van der Waals surface area contributed by atoms with Crippen LogP contribution in [0.4, 0.5) is 0 Å². The van der Waals surface area contributed by atoms with Crippen molar-refractivity contribution in [3.8, 4) is 5.75 Å². The molecular formula is C17H27NO2. The van der Waals surface area contributed by atoms with Gasteiger partial charge in [-0.2, -0.15) is 0 Å².